The number of hydrogen-bond donors (Lipinski definition) is 1. The molecule has 0 fully saturated rings. The van der Waals surface area contributed by atoms with Crippen molar-refractivity contribution >= 4 is 10.9 Å². The van der Waals surface area contributed by atoms with Gasteiger partial charge < -0.3 is 5.11 Å². The Morgan fingerprint density at radius 3 is 2.40 bits per heavy atom. The number of fused-ring (bicyclic) bond motifs is 1. The second kappa shape index (κ2) is 8.77. The molecule has 4 rings (SSSR count). The largest absolute Gasteiger partial charge is 0.418 e. The maximum absolute atomic E-state index is 15.2. The van der Waals surface area contributed by atoms with Crippen LogP contribution in [-0.4, -0.2) is 29.0 Å². The van der Waals surface area contributed by atoms with Crippen LogP contribution in [0.5, 0.6) is 0 Å². The van der Waals surface area contributed by atoms with E-state index >= 15 is 4.39 Å². The Morgan fingerprint density at radius 1 is 1.14 bits per heavy atom. The van der Waals surface area contributed by atoms with Gasteiger partial charge in [0, 0.05) is 12.7 Å². The van der Waals surface area contributed by atoms with Crippen molar-refractivity contribution in [2.45, 2.75) is 46.0 Å². The van der Waals surface area contributed by atoms with Gasteiger partial charge >= 0.3 is 11.9 Å². The number of halogens is 4. The summed E-state index contributed by atoms with van der Waals surface area (Å²) in [6.07, 6.45) is -3.47. The first kappa shape index (κ1) is 24.3. The van der Waals surface area contributed by atoms with E-state index in [1.165, 1.54) is 18.3 Å². The van der Waals surface area contributed by atoms with E-state index in [0.29, 0.717) is 10.2 Å². The van der Waals surface area contributed by atoms with Crippen LogP contribution in [0, 0.1) is 5.82 Å². The van der Waals surface area contributed by atoms with Crippen LogP contribution in [0.3, 0.4) is 0 Å². The predicted molar refractivity (Wildman–Crippen MR) is 119 cm³/mol. The minimum Gasteiger partial charge on any atom is -0.388 e. The highest BCUT2D eigenvalue weighted by Gasteiger charge is 2.34. The molecular weight excluding hydrogens is 470 g/mol. The predicted octanol–water partition coefficient (Wildman–Crippen LogP) is 3.53. The molecule has 8 nitrogen and oxygen atoms in total. The second-order valence-corrected chi connectivity index (χ2v) is 8.13. The van der Waals surface area contributed by atoms with Gasteiger partial charge in [-0.2, -0.15) is 17.9 Å². The molecule has 1 N–H and O–H groups in total. The van der Waals surface area contributed by atoms with Crippen LogP contribution < -0.4 is 11.2 Å². The molecule has 0 aliphatic rings. The first-order valence-electron chi connectivity index (χ1n) is 10.7. The molecule has 0 unspecified atom stereocenters. The third-order valence-corrected chi connectivity index (χ3v) is 5.64. The van der Waals surface area contributed by atoms with Crippen LogP contribution in [0.25, 0.3) is 22.4 Å². The zero-order chi connectivity index (χ0) is 25.7. The van der Waals surface area contributed by atoms with Crippen molar-refractivity contribution in [3.8, 4) is 11.5 Å². The SMILES string of the molecule is CCn1c(CO)nn(-c2nc3c(C(C)C)cn(-c4ccccc4C(F)(F)F)c(=O)c3cc2F)c1=O. The van der Waals surface area contributed by atoms with Crippen LogP contribution in [0.4, 0.5) is 17.6 Å². The van der Waals surface area contributed by atoms with Crippen LogP contribution in [0.1, 0.15) is 43.6 Å². The molecule has 0 bridgehead atoms. The molecule has 0 aliphatic heterocycles. The Labute approximate surface area is 195 Å². The van der Waals surface area contributed by atoms with Gasteiger partial charge in [0.05, 0.1) is 22.2 Å². The van der Waals surface area contributed by atoms with E-state index in [1.54, 1.807) is 20.8 Å². The fourth-order valence-corrected chi connectivity index (χ4v) is 3.93. The summed E-state index contributed by atoms with van der Waals surface area (Å²) in [6, 6.07) is 5.44. The molecule has 4 aromatic rings. The van der Waals surface area contributed by atoms with E-state index in [4.69, 9.17) is 0 Å². The number of nitrogens with zero attached hydrogens (tertiary/aromatic N) is 5. The van der Waals surface area contributed by atoms with Gasteiger partial charge in [-0.3, -0.25) is 13.9 Å². The van der Waals surface area contributed by atoms with Crippen molar-refractivity contribution in [3.63, 3.8) is 0 Å². The van der Waals surface area contributed by atoms with Crippen LogP contribution in [-0.2, 0) is 19.3 Å². The second-order valence-electron chi connectivity index (χ2n) is 8.13. The number of pyridine rings is 2. The van der Waals surface area contributed by atoms with Crippen molar-refractivity contribution in [2.75, 3.05) is 0 Å². The first-order chi connectivity index (χ1) is 16.5. The van der Waals surface area contributed by atoms with Gasteiger partial charge in [-0.05, 0) is 36.6 Å². The molecule has 0 aliphatic carbocycles. The number of hydrogen-bond acceptors (Lipinski definition) is 5. The molecule has 0 radical (unpaired) electrons. The number of aromatic nitrogens is 5. The van der Waals surface area contributed by atoms with E-state index in [9.17, 15) is 27.9 Å². The summed E-state index contributed by atoms with van der Waals surface area (Å²) >= 11 is 0. The summed E-state index contributed by atoms with van der Waals surface area (Å²) in [5.41, 5.74) is -2.66. The van der Waals surface area contributed by atoms with Gasteiger partial charge in [-0.15, -0.1) is 5.10 Å². The van der Waals surface area contributed by atoms with Gasteiger partial charge in [0.2, 0.25) is 0 Å². The van der Waals surface area contributed by atoms with Crippen molar-refractivity contribution in [3.05, 3.63) is 80.1 Å². The Hall–Kier alpha value is -3.80. The molecule has 3 aromatic heterocycles. The van der Waals surface area contributed by atoms with Crippen molar-refractivity contribution in [1.82, 2.24) is 23.9 Å². The number of aliphatic hydroxyl groups excluding tert-OH is 1. The summed E-state index contributed by atoms with van der Waals surface area (Å²) in [6.45, 7) is 4.74. The van der Waals surface area contributed by atoms with Gasteiger partial charge in [0.15, 0.2) is 17.5 Å². The topological polar surface area (TPSA) is 94.9 Å². The lowest BCUT2D eigenvalue weighted by atomic mass is 10.0. The monoisotopic (exact) mass is 491 g/mol. The van der Waals surface area contributed by atoms with Gasteiger partial charge in [0.25, 0.3) is 5.56 Å². The first-order valence-corrected chi connectivity index (χ1v) is 10.7. The number of aliphatic hydroxyl groups is 1. The molecule has 1 aromatic carbocycles. The number of alkyl halides is 3. The normalized spacial score (nSPS) is 12.1. The molecule has 0 amide bonds. The quantitative estimate of drug-likeness (QED) is 0.431. The molecule has 12 heteroatoms. The van der Waals surface area contributed by atoms with Crippen LogP contribution in [0.15, 0.2) is 46.1 Å². The lowest BCUT2D eigenvalue weighted by Gasteiger charge is -2.18. The lowest BCUT2D eigenvalue weighted by Crippen LogP contribution is -2.26. The van der Waals surface area contributed by atoms with E-state index in [-0.39, 0.29) is 29.2 Å². The molecule has 3 heterocycles. The van der Waals surface area contributed by atoms with Crippen LogP contribution in [0.2, 0.25) is 0 Å². The average Bonchev–Trinajstić information content (AvgIpc) is 3.13. The Kier molecular flexibility index (Phi) is 6.09. The average molecular weight is 491 g/mol. The zero-order valence-corrected chi connectivity index (χ0v) is 19.0. The van der Waals surface area contributed by atoms with Gasteiger partial charge in [-0.25, -0.2) is 14.2 Å². The molecular formula is C23H21F4N5O3. The summed E-state index contributed by atoms with van der Waals surface area (Å²) in [5, 5.41) is 13.2. The summed E-state index contributed by atoms with van der Waals surface area (Å²) in [4.78, 5) is 30.2. The van der Waals surface area contributed by atoms with Crippen molar-refractivity contribution in [2.24, 2.45) is 0 Å². The molecule has 0 saturated heterocycles. The van der Waals surface area contributed by atoms with Crippen molar-refractivity contribution in [1.29, 1.82) is 0 Å². The summed E-state index contributed by atoms with van der Waals surface area (Å²) < 4.78 is 58.7. The number of para-hydroxylation sites is 1. The lowest BCUT2D eigenvalue weighted by molar-refractivity contribution is -0.137. The molecule has 0 atom stereocenters. The molecule has 0 spiro atoms. The van der Waals surface area contributed by atoms with E-state index < -0.39 is 46.9 Å². The Morgan fingerprint density at radius 2 is 1.83 bits per heavy atom. The van der Waals surface area contributed by atoms with Crippen LogP contribution >= 0.6 is 0 Å². The number of rotatable bonds is 5. The molecule has 35 heavy (non-hydrogen) atoms. The smallest absolute Gasteiger partial charge is 0.388 e. The van der Waals surface area contributed by atoms with E-state index in [0.717, 1.165) is 27.3 Å². The van der Waals surface area contributed by atoms with E-state index in [1.807, 2.05) is 0 Å². The van der Waals surface area contributed by atoms with E-state index in [2.05, 4.69) is 10.1 Å². The Balaban J connectivity index is 2.06. The number of benzene rings is 1. The maximum Gasteiger partial charge on any atom is 0.418 e. The Bertz CT molecular complexity index is 1550. The zero-order valence-electron chi connectivity index (χ0n) is 19.0. The fraction of sp³-hybridized carbons (Fsp3) is 0.304. The summed E-state index contributed by atoms with van der Waals surface area (Å²) in [7, 11) is 0. The highest BCUT2D eigenvalue weighted by atomic mass is 19.4. The standard InChI is InChI=1S/C23H21F4N5O3/c1-4-30-18(11-33)29-32(22(30)35)20-16(24)9-13-19(28-20)14(12(2)3)10-31(21(13)34)17-8-6-5-7-15(17)23(25,26)27/h5-10,12,33H,4,11H2,1-3H3. The van der Waals surface area contributed by atoms with Gasteiger partial charge in [-0.1, -0.05) is 26.0 Å². The van der Waals surface area contributed by atoms with Gasteiger partial charge in [0.1, 0.15) is 6.61 Å². The maximum atomic E-state index is 15.2. The fourth-order valence-electron chi connectivity index (χ4n) is 3.93. The molecule has 184 valence electrons. The minimum absolute atomic E-state index is 0.00190. The molecule has 0 saturated carbocycles. The minimum atomic E-state index is -4.72. The highest BCUT2D eigenvalue weighted by molar-refractivity contribution is 5.82. The highest BCUT2D eigenvalue weighted by Crippen LogP contribution is 2.34. The third kappa shape index (κ3) is 4.03. The summed E-state index contributed by atoms with van der Waals surface area (Å²) in [5.74, 6) is -1.88. The third-order valence-electron chi connectivity index (χ3n) is 5.64. The van der Waals surface area contributed by atoms with Crippen molar-refractivity contribution < 1.29 is 22.7 Å².